The van der Waals surface area contributed by atoms with Crippen LogP contribution in [0.4, 0.5) is 0 Å². The van der Waals surface area contributed by atoms with Crippen molar-refractivity contribution in [2.75, 3.05) is 6.54 Å². The van der Waals surface area contributed by atoms with Crippen LogP contribution in [0.3, 0.4) is 0 Å². The highest BCUT2D eigenvalue weighted by molar-refractivity contribution is 6.30. The molecule has 2 aliphatic rings. The maximum atomic E-state index is 12.1. The van der Waals surface area contributed by atoms with Crippen LogP contribution in [0.2, 0.25) is 5.02 Å². The van der Waals surface area contributed by atoms with Crippen LogP contribution < -0.4 is 5.32 Å². The number of amides is 1. The summed E-state index contributed by atoms with van der Waals surface area (Å²) in [5.74, 6) is -1.34. The molecule has 2 saturated carbocycles. The van der Waals surface area contributed by atoms with Crippen LogP contribution in [0, 0.1) is 5.41 Å². The summed E-state index contributed by atoms with van der Waals surface area (Å²) >= 11 is 5.92. The molecule has 0 unspecified atom stereocenters. The third kappa shape index (κ3) is 2.42. The lowest BCUT2D eigenvalue weighted by Crippen LogP contribution is -2.48. The second kappa shape index (κ2) is 5.02. The molecule has 112 valence electrons. The van der Waals surface area contributed by atoms with Gasteiger partial charge in [-0.2, -0.15) is 0 Å². The second-order valence-electron chi connectivity index (χ2n) is 6.21. The van der Waals surface area contributed by atoms with Gasteiger partial charge in [0.1, 0.15) is 5.41 Å². The zero-order chi connectivity index (χ0) is 15.1. The van der Waals surface area contributed by atoms with Crippen molar-refractivity contribution in [3.8, 4) is 0 Å². The summed E-state index contributed by atoms with van der Waals surface area (Å²) in [6.45, 7) is 0.502. The number of carboxylic acids is 1. The average molecular weight is 308 g/mol. The van der Waals surface area contributed by atoms with E-state index in [1.807, 2.05) is 24.3 Å². The SMILES string of the molecule is O=C(O)C1(C(=O)NCC2(c3ccc(Cl)cc3)CCC2)CC1. The highest BCUT2D eigenvalue weighted by atomic mass is 35.5. The van der Waals surface area contributed by atoms with E-state index in [9.17, 15) is 9.59 Å². The molecule has 0 atom stereocenters. The number of nitrogens with one attached hydrogen (secondary N) is 1. The summed E-state index contributed by atoms with van der Waals surface area (Å²) in [6.07, 6.45) is 4.04. The first kappa shape index (κ1) is 14.4. The van der Waals surface area contributed by atoms with Crippen molar-refractivity contribution in [3.05, 3.63) is 34.9 Å². The average Bonchev–Trinajstić information content (AvgIpc) is 3.20. The van der Waals surface area contributed by atoms with Crippen molar-refractivity contribution in [1.29, 1.82) is 0 Å². The zero-order valence-corrected chi connectivity index (χ0v) is 12.4. The van der Waals surface area contributed by atoms with Crippen molar-refractivity contribution in [2.24, 2.45) is 5.41 Å². The van der Waals surface area contributed by atoms with E-state index in [0.717, 1.165) is 19.3 Å². The molecule has 0 radical (unpaired) electrons. The third-order valence-corrected chi connectivity index (χ3v) is 5.20. The molecule has 0 aliphatic heterocycles. The Hall–Kier alpha value is -1.55. The topological polar surface area (TPSA) is 66.4 Å². The van der Waals surface area contributed by atoms with Gasteiger partial charge in [0.25, 0.3) is 0 Å². The van der Waals surface area contributed by atoms with Crippen LogP contribution in [0.25, 0.3) is 0 Å². The molecule has 21 heavy (non-hydrogen) atoms. The molecule has 0 bridgehead atoms. The number of carbonyl (C=O) groups is 2. The minimum Gasteiger partial charge on any atom is -0.480 e. The van der Waals surface area contributed by atoms with E-state index < -0.39 is 11.4 Å². The quantitative estimate of drug-likeness (QED) is 0.822. The standard InChI is InChI=1S/C16H18ClNO3/c17-12-4-2-11(3-5-12)15(6-1-7-15)10-18-13(19)16(8-9-16)14(20)21/h2-5H,1,6-10H2,(H,18,19)(H,20,21). The van der Waals surface area contributed by atoms with E-state index in [4.69, 9.17) is 16.7 Å². The van der Waals surface area contributed by atoms with Crippen LogP contribution in [-0.2, 0) is 15.0 Å². The Bertz CT molecular complexity index is 574. The van der Waals surface area contributed by atoms with Crippen LogP contribution in [0.15, 0.2) is 24.3 Å². The Morgan fingerprint density at radius 1 is 1.14 bits per heavy atom. The van der Waals surface area contributed by atoms with Crippen LogP contribution in [0.5, 0.6) is 0 Å². The number of benzene rings is 1. The highest BCUT2D eigenvalue weighted by Crippen LogP contribution is 2.47. The predicted molar refractivity (Wildman–Crippen MR) is 79.3 cm³/mol. The molecular formula is C16H18ClNO3. The Labute approximate surface area is 128 Å². The van der Waals surface area contributed by atoms with Gasteiger partial charge in [-0.1, -0.05) is 30.2 Å². The summed E-state index contributed by atoms with van der Waals surface area (Å²) in [5, 5.41) is 12.7. The van der Waals surface area contributed by atoms with E-state index in [2.05, 4.69) is 5.32 Å². The first-order valence-corrected chi connectivity index (χ1v) is 7.64. The normalized spacial score (nSPS) is 21.2. The number of hydrogen-bond donors (Lipinski definition) is 2. The molecule has 2 aliphatic carbocycles. The lowest BCUT2D eigenvalue weighted by molar-refractivity contribution is -0.149. The Morgan fingerprint density at radius 2 is 1.76 bits per heavy atom. The van der Waals surface area contributed by atoms with E-state index in [-0.39, 0.29) is 11.3 Å². The Balaban J connectivity index is 1.69. The third-order valence-electron chi connectivity index (χ3n) is 4.95. The summed E-state index contributed by atoms with van der Waals surface area (Å²) in [4.78, 5) is 23.3. The smallest absolute Gasteiger partial charge is 0.319 e. The van der Waals surface area contributed by atoms with Gasteiger partial charge in [0, 0.05) is 17.0 Å². The number of carbonyl (C=O) groups excluding carboxylic acids is 1. The zero-order valence-electron chi connectivity index (χ0n) is 11.7. The van der Waals surface area contributed by atoms with E-state index in [1.165, 1.54) is 5.56 Å². The lowest BCUT2D eigenvalue weighted by atomic mass is 9.64. The lowest BCUT2D eigenvalue weighted by Gasteiger charge is -2.42. The maximum Gasteiger partial charge on any atom is 0.319 e. The van der Waals surface area contributed by atoms with Gasteiger partial charge in [0.05, 0.1) is 0 Å². The first-order valence-electron chi connectivity index (χ1n) is 7.26. The highest BCUT2D eigenvalue weighted by Gasteiger charge is 2.57. The number of aliphatic carboxylic acids is 1. The first-order chi connectivity index (χ1) is 9.98. The molecule has 3 rings (SSSR count). The van der Waals surface area contributed by atoms with E-state index in [0.29, 0.717) is 24.4 Å². The summed E-state index contributed by atoms with van der Waals surface area (Å²) in [5.41, 5.74) is -0.0571. The second-order valence-corrected chi connectivity index (χ2v) is 6.65. The molecule has 0 heterocycles. The number of carboxylic acid groups (broad SMARTS) is 1. The number of halogens is 1. The predicted octanol–water partition coefficient (Wildman–Crippen LogP) is 2.74. The number of rotatable bonds is 5. The van der Waals surface area contributed by atoms with E-state index in [1.54, 1.807) is 0 Å². The van der Waals surface area contributed by atoms with Gasteiger partial charge in [-0.3, -0.25) is 9.59 Å². The van der Waals surface area contributed by atoms with Crippen molar-refractivity contribution < 1.29 is 14.7 Å². The van der Waals surface area contributed by atoms with Crippen molar-refractivity contribution in [3.63, 3.8) is 0 Å². The van der Waals surface area contributed by atoms with Crippen molar-refractivity contribution in [1.82, 2.24) is 5.32 Å². The molecule has 0 spiro atoms. The molecule has 0 saturated heterocycles. The molecule has 5 heteroatoms. The largest absolute Gasteiger partial charge is 0.480 e. The molecule has 1 aromatic carbocycles. The molecule has 2 N–H and O–H groups in total. The van der Waals surface area contributed by atoms with Gasteiger partial charge in [-0.25, -0.2) is 0 Å². The minimum atomic E-state index is -1.16. The van der Waals surface area contributed by atoms with Gasteiger partial charge in [-0.15, -0.1) is 0 Å². The molecular weight excluding hydrogens is 290 g/mol. The fraction of sp³-hybridized carbons (Fsp3) is 0.500. The number of hydrogen-bond acceptors (Lipinski definition) is 2. The molecule has 0 aromatic heterocycles. The Morgan fingerprint density at radius 3 is 2.19 bits per heavy atom. The van der Waals surface area contributed by atoms with Gasteiger partial charge in [0.2, 0.25) is 5.91 Å². The molecule has 4 nitrogen and oxygen atoms in total. The maximum absolute atomic E-state index is 12.1. The molecule has 1 amide bonds. The fourth-order valence-electron chi connectivity index (χ4n) is 3.06. The minimum absolute atomic E-state index is 0.0607. The van der Waals surface area contributed by atoms with Crippen molar-refractivity contribution in [2.45, 2.75) is 37.5 Å². The van der Waals surface area contributed by atoms with E-state index >= 15 is 0 Å². The van der Waals surface area contributed by atoms with Gasteiger partial charge >= 0.3 is 5.97 Å². The molecule has 2 fully saturated rings. The van der Waals surface area contributed by atoms with Crippen LogP contribution in [-0.4, -0.2) is 23.5 Å². The van der Waals surface area contributed by atoms with Crippen LogP contribution in [0.1, 0.15) is 37.7 Å². The fourth-order valence-corrected chi connectivity index (χ4v) is 3.18. The summed E-state index contributed by atoms with van der Waals surface area (Å²) in [6, 6.07) is 7.71. The van der Waals surface area contributed by atoms with Crippen LogP contribution >= 0.6 is 11.6 Å². The van der Waals surface area contributed by atoms with Gasteiger partial charge < -0.3 is 10.4 Å². The monoisotopic (exact) mass is 307 g/mol. The Kier molecular flexibility index (Phi) is 3.44. The summed E-state index contributed by atoms with van der Waals surface area (Å²) in [7, 11) is 0. The molecule has 1 aromatic rings. The van der Waals surface area contributed by atoms with Gasteiger partial charge in [-0.05, 0) is 43.4 Å². The van der Waals surface area contributed by atoms with Crippen molar-refractivity contribution >= 4 is 23.5 Å². The summed E-state index contributed by atoms with van der Waals surface area (Å²) < 4.78 is 0. The van der Waals surface area contributed by atoms with Gasteiger partial charge in [0.15, 0.2) is 0 Å².